The quantitative estimate of drug-likeness (QED) is 0.340. The van der Waals surface area contributed by atoms with Crippen LogP contribution in [0.25, 0.3) is 0 Å². The van der Waals surface area contributed by atoms with E-state index in [9.17, 15) is 19.5 Å². The number of para-hydroxylation sites is 1. The van der Waals surface area contributed by atoms with E-state index in [0.717, 1.165) is 16.8 Å². The van der Waals surface area contributed by atoms with E-state index in [1.807, 2.05) is 52.8 Å². The average molecular weight is 645 g/mol. The summed E-state index contributed by atoms with van der Waals surface area (Å²) < 4.78 is 4.71. The number of aliphatic hydroxyl groups excluding tert-OH is 1. The molecule has 0 aromatic heterocycles. The Bertz CT molecular complexity index is 1320. The first-order valence-corrected chi connectivity index (χ1v) is 16.0. The van der Waals surface area contributed by atoms with E-state index in [2.05, 4.69) is 26.6 Å². The molecule has 3 amide bonds. The van der Waals surface area contributed by atoms with E-state index >= 15 is 0 Å². The van der Waals surface area contributed by atoms with Crippen molar-refractivity contribution in [3.05, 3.63) is 53.6 Å². The average Bonchev–Trinajstić information content (AvgIpc) is 3.51. The summed E-state index contributed by atoms with van der Waals surface area (Å²) in [5, 5.41) is 16.4. The van der Waals surface area contributed by atoms with Gasteiger partial charge >= 0.3 is 0 Å². The lowest BCUT2D eigenvalue weighted by Crippen LogP contribution is -2.56. The highest BCUT2D eigenvalue weighted by atomic mass is 79.9. The second kappa shape index (κ2) is 11.6. The van der Waals surface area contributed by atoms with Crippen LogP contribution >= 0.6 is 27.7 Å². The smallest absolute Gasteiger partial charge is 0.248 e. The molecular weight excluding hydrogens is 606 g/mol. The molecule has 7 atom stereocenters. The molecule has 3 aliphatic heterocycles. The molecule has 3 heterocycles. The zero-order valence-corrected chi connectivity index (χ0v) is 26.4. The molecule has 0 aliphatic carbocycles. The van der Waals surface area contributed by atoms with Crippen molar-refractivity contribution in [2.45, 2.75) is 67.9 Å². The fraction of sp³-hybridized carbons (Fsp3) is 0.516. The SMILES string of the molecule is CCOc1ccc(NC(=O)[C@H]2[C@@H]3SC4(CC3Br)C(C(=O)Nc3c(C)cccc3C)N([C@@H](CO)C(C)C)C(=O)[C@H]24)cc1. The number of halogens is 1. The Morgan fingerprint density at radius 2 is 1.78 bits per heavy atom. The highest BCUT2D eigenvalue weighted by Gasteiger charge is 2.76. The van der Waals surface area contributed by atoms with Gasteiger partial charge in [-0.25, -0.2) is 0 Å². The van der Waals surface area contributed by atoms with Gasteiger partial charge in [0.05, 0.1) is 35.8 Å². The van der Waals surface area contributed by atoms with Gasteiger partial charge in [-0.3, -0.25) is 14.4 Å². The highest BCUT2D eigenvalue weighted by molar-refractivity contribution is 9.09. The fourth-order valence-corrected chi connectivity index (χ4v) is 10.5. The van der Waals surface area contributed by atoms with Gasteiger partial charge in [-0.15, -0.1) is 11.8 Å². The third kappa shape index (κ3) is 5.06. The van der Waals surface area contributed by atoms with Crippen LogP contribution < -0.4 is 15.4 Å². The van der Waals surface area contributed by atoms with Crippen LogP contribution in [0, 0.1) is 31.6 Å². The van der Waals surface area contributed by atoms with Gasteiger partial charge in [0.1, 0.15) is 11.8 Å². The van der Waals surface area contributed by atoms with Crippen LogP contribution in [-0.2, 0) is 14.4 Å². The number of hydrogen-bond acceptors (Lipinski definition) is 6. The summed E-state index contributed by atoms with van der Waals surface area (Å²) in [5.41, 5.74) is 3.21. The lowest BCUT2D eigenvalue weighted by Gasteiger charge is -2.38. The number of rotatable bonds is 9. The minimum atomic E-state index is -0.836. The number of ether oxygens (including phenoxy) is 1. The van der Waals surface area contributed by atoms with Crippen molar-refractivity contribution < 1.29 is 24.2 Å². The third-order valence-electron chi connectivity index (χ3n) is 8.75. The maximum Gasteiger partial charge on any atom is 0.248 e. The Morgan fingerprint density at radius 1 is 1.12 bits per heavy atom. The molecule has 5 rings (SSSR count). The maximum atomic E-state index is 14.4. The van der Waals surface area contributed by atoms with Crippen molar-refractivity contribution in [3.63, 3.8) is 0 Å². The summed E-state index contributed by atoms with van der Waals surface area (Å²) in [6.07, 6.45) is 0.573. The molecule has 2 aromatic rings. The zero-order valence-electron chi connectivity index (χ0n) is 24.0. The number of carbonyl (C=O) groups excluding carboxylic acids is 3. The molecule has 0 saturated carbocycles. The Hall–Kier alpha value is -2.56. The zero-order chi connectivity index (χ0) is 29.6. The number of nitrogens with one attached hydrogen (secondary N) is 2. The molecule has 3 fully saturated rings. The molecule has 3 saturated heterocycles. The number of aryl methyl sites for hydroxylation is 2. The van der Waals surface area contributed by atoms with Crippen LogP contribution in [0.3, 0.4) is 0 Å². The van der Waals surface area contributed by atoms with Gasteiger partial charge in [-0.2, -0.15) is 0 Å². The number of fused-ring (bicyclic) bond motifs is 1. The van der Waals surface area contributed by atoms with Gasteiger partial charge in [0.15, 0.2) is 0 Å². The summed E-state index contributed by atoms with van der Waals surface area (Å²) in [6.45, 7) is 9.95. The topological polar surface area (TPSA) is 108 Å². The van der Waals surface area contributed by atoms with E-state index in [4.69, 9.17) is 4.74 Å². The minimum absolute atomic E-state index is 0.0466. The van der Waals surface area contributed by atoms with Crippen LogP contribution in [0.5, 0.6) is 5.75 Å². The van der Waals surface area contributed by atoms with E-state index < -0.39 is 28.7 Å². The largest absolute Gasteiger partial charge is 0.494 e. The maximum absolute atomic E-state index is 14.4. The number of thioether (sulfide) groups is 1. The van der Waals surface area contributed by atoms with Crippen molar-refractivity contribution in [2.24, 2.45) is 17.8 Å². The van der Waals surface area contributed by atoms with Gasteiger partial charge in [-0.05, 0) is 68.5 Å². The number of nitrogens with zero attached hydrogens (tertiary/aromatic N) is 1. The Kier molecular flexibility index (Phi) is 8.47. The van der Waals surface area contributed by atoms with Gasteiger partial charge < -0.3 is 25.4 Å². The molecule has 2 aromatic carbocycles. The molecule has 10 heteroatoms. The van der Waals surface area contributed by atoms with Crippen molar-refractivity contribution >= 4 is 56.8 Å². The molecule has 3 N–H and O–H groups in total. The molecule has 220 valence electrons. The Balaban J connectivity index is 1.52. The van der Waals surface area contributed by atoms with Gasteiger partial charge in [-0.1, -0.05) is 48.0 Å². The monoisotopic (exact) mass is 643 g/mol. The van der Waals surface area contributed by atoms with Crippen LogP contribution in [-0.4, -0.2) is 67.8 Å². The number of amides is 3. The van der Waals surface area contributed by atoms with Gasteiger partial charge in [0.2, 0.25) is 17.7 Å². The normalized spacial score (nSPS) is 29.0. The Morgan fingerprint density at radius 3 is 2.37 bits per heavy atom. The standard InChI is InChI=1S/C31H38BrN3O5S/c1-6-40-20-12-10-19(11-13-20)33-28(37)23-24-30(39)35(22(15-36)16(2)3)27(31(24)14-21(32)26(23)41-31)29(38)34-25-17(4)8-7-9-18(25)5/h7-13,16,21-24,26-27,36H,6,14-15H2,1-5H3,(H,33,37)(H,34,38)/t21?,22-,23+,24-,26+,27?,31?/m0/s1. The first kappa shape index (κ1) is 29.9. The van der Waals surface area contributed by atoms with E-state index in [1.165, 1.54) is 0 Å². The van der Waals surface area contributed by atoms with Crippen molar-refractivity contribution in [1.29, 1.82) is 0 Å². The first-order valence-electron chi connectivity index (χ1n) is 14.2. The van der Waals surface area contributed by atoms with Gasteiger partial charge in [0, 0.05) is 21.5 Å². The van der Waals surface area contributed by atoms with Crippen LogP contribution in [0.2, 0.25) is 0 Å². The summed E-state index contributed by atoms with van der Waals surface area (Å²) >= 11 is 5.39. The van der Waals surface area contributed by atoms with Crippen molar-refractivity contribution in [1.82, 2.24) is 4.90 Å². The highest BCUT2D eigenvalue weighted by Crippen LogP contribution is 2.68. The van der Waals surface area contributed by atoms with Crippen LogP contribution in [0.4, 0.5) is 11.4 Å². The summed E-state index contributed by atoms with van der Waals surface area (Å²) in [6, 6.07) is 11.6. The second-order valence-corrected chi connectivity index (χ2v) is 14.3. The van der Waals surface area contributed by atoms with E-state index in [0.29, 0.717) is 24.5 Å². The third-order valence-corrected chi connectivity index (χ3v) is 12.0. The molecule has 41 heavy (non-hydrogen) atoms. The predicted octanol–water partition coefficient (Wildman–Crippen LogP) is 4.76. The van der Waals surface area contributed by atoms with E-state index in [-0.39, 0.29) is 40.3 Å². The summed E-state index contributed by atoms with van der Waals surface area (Å²) in [4.78, 5) is 44.1. The molecule has 1 spiro atoms. The number of benzene rings is 2. The Labute approximate surface area is 254 Å². The van der Waals surface area contributed by atoms with Crippen molar-refractivity contribution in [3.8, 4) is 5.75 Å². The van der Waals surface area contributed by atoms with Crippen LogP contribution in [0.15, 0.2) is 42.5 Å². The fourth-order valence-electron chi connectivity index (χ4n) is 6.87. The number of hydrogen-bond donors (Lipinski definition) is 3. The van der Waals surface area contributed by atoms with E-state index in [1.54, 1.807) is 40.9 Å². The summed E-state index contributed by atoms with van der Waals surface area (Å²) in [7, 11) is 0. The number of aliphatic hydroxyl groups is 1. The molecular formula is C31H38BrN3O5S. The molecule has 0 radical (unpaired) electrons. The first-order chi connectivity index (χ1) is 19.5. The lowest BCUT2D eigenvalue weighted by molar-refractivity contribution is -0.142. The molecule has 3 aliphatic rings. The second-order valence-electron chi connectivity index (χ2n) is 11.6. The lowest BCUT2D eigenvalue weighted by atomic mass is 9.70. The minimum Gasteiger partial charge on any atom is -0.494 e. The molecule has 8 nitrogen and oxygen atoms in total. The predicted molar refractivity (Wildman–Crippen MR) is 166 cm³/mol. The van der Waals surface area contributed by atoms with Gasteiger partial charge in [0.25, 0.3) is 0 Å². The number of carbonyl (C=O) groups is 3. The number of likely N-dealkylation sites (tertiary alicyclic amines) is 1. The number of anilines is 2. The molecule has 2 bridgehead atoms. The van der Waals surface area contributed by atoms with Crippen LogP contribution in [0.1, 0.15) is 38.3 Å². The summed E-state index contributed by atoms with van der Waals surface area (Å²) in [5.74, 6) is -1.45. The van der Waals surface area contributed by atoms with Crippen molar-refractivity contribution in [2.75, 3.05) is 23.8 Å². The molecule has 3 unspecified atom stereocenters. The number of alkyl halides is 1.